The van der Waals surface area contributed by atoms with Gasteiger partial charge in [0.05, 0.1) is 20.3 Å². The molecule has 0 saturated heterocycles. The van der Waals surface area contributed by atoms with Crippen LogP contribution in [-0.4, -0.2) is 51.3 Å². The zero-order chi connectivity index (χ0) is 21.7. The maximum Gasteiger partial charge on any atom is 0.246 e. The molecule has 2 atom stereocenters. The molecule has 1 heterocycles. The van der Waals surface area contributed by atoms with E-state index in [1.165, 1.54) is 24.8 Å². The smallest absolute Gasteiger partial charge is 0.246 e. The van der Waals surface area contributed by atoms with Gasteiger partial charge in [0.15, 0.2) is 11.5 Å². The number of ether oxygens (including phenoxy) is 3. The van der Waals surface area contributed by atoms with Crippen molar-refractivity contribution in [3.05, 3.63) is 58.9 Å². The van der Waals surface area contributed by atoms with Crippen molar-refractivity contribution in [3.63, 3.8) is 0 Å². The molecule has 7 heteroatoms. The second-order valence-corrected chi connectivity index (χ2v) is 7.49. The number of nitrogens with zero attached hydrogens (tertiary/aromatic N) is 1. The zero-order valence-corrected chi connectivity index (χ0v) is 17.9. The summed E-state index contributed by atoms with van der Waals surface area (Å²) in [5.74, 6) is 0.925. The summed E-state index contributed by atoms with van der Waals surface area (Å²) in [5, 5.41) is 3.04. The predicted octanol–water partition coefficient (Wildman–Crippen LogP) is 3.09. The van der Waals surface area contributed by atoms with E-state index in [0.29, 0.717) is 18.0 Å². The lowest BCUT2D eigenvalue weighted by Gasteiger charge is -2.41. The molecule has 1 amide bonds. The Kier molecular flexibility index (Phi) is 7.29. The highest BCUT2D eigenvalue weighted by Gasteiger charge is 2.33. The summed E-state index contributed by atoms with van der Waals surface area (Å²) in [5.41, 5.74) is 3.27. The van der Waals surface area contributed by atoms with Gasteiger partial charge in [0.1, 0.15) is 12.4 Å². The van der Waals surface area contributed by atoms with Crippen molar-refractivity contribution < 1.29 is 23.4 Å². The minimum atomic E-state index is -0.253. The monoisotopic (exact) mass is 416 g/mol. The van der Waals surface area contributed by atoms with Crippen molar-refractivity contribution in [2.45, 2.75) is 32.0 Å². The molecule has 162 valence electrons. The highest BCUT2D eigenvalue weighted by Crippen LogP contribution is 2.40. The summed E-state index contributed by atoms with van der Waals surface area (Å²) >= 11 is 0. The molecule has 1 aliphatic rings. The van der Waals surface area contributed by atoms with Gasteiger partial charge in [-0.1, -0.05) is 12.1 Å². The molecule has 0 aromatic heterocycles. The van der Waals surface area contributed by atoms with Crippen molar-refractivity contribution in [2.24, 2.45) is 0 Å². The summed E-state index contributed by atoms with van der Waals surface area (Å²) in [6, 6.07) is 10.3. The molecule has 0 spiro atoms. The Bertz CT molecular complexity index is 872. The van der Waals surface area contributed by atoms with E-state index in [4.69, 9.17) is 14.2 Å². The minimum Gasteiger partial charge on any atom is -0.493 e. The Morgan fingerprint density at radius 1 is 1.17 bits per heavy atom. The van der Waals surface area contributed by atoms with Gasteiger partial charge in [-0.2, -0.15) is 0 Å². The van der Waals surface area contributed by atoms with E-state index in [2.05, 4.69) is 10.2 Å². The molecular formula is C23H29FN2O4. The Labute approximate surface area is 176 Å². The first-order valence-electron chi connectivity index (χ1n) is 9.98. The molecule has 3 rings (SSSR count). The Hall–Kier alpha value is -2.64. The van der Waals surface area contributed by atoms with Crippen LogP contribution in [-0.2, 0) is 22.5 Å². The zero-order valence-electron chi connectivity index (χ0n) is 17.9. The first kappa shape index (κ1) is 22.1. The van der Waals surface area contributed by atoms with Gasteiger partial charge in [-0.25, -0.2) is 4.39 Å². The fourth-order valence-electron chi connectivity index (χ4n) is 4.12. The van der Waals surface area contributed by atoms with Crippen LogP contribution in [0.3, 0.4) is 0 Å². The quantitative estimate of drug-likeness (QED) is 0.717. The van der Waals surface area contributed by atoms with Gasteiger partial charge in [-0.15, -0.1) is 0 Å². The van der Waals surface area contributed by atoms with Gasteiger partial charge >= 0.3 is 0 Å². The molecule has 2 aromatic carbocycles. The molecule has 6 nitrogen and oxygen atoms in total. The van der Waals surface area contributed by atoms with E-state index in [1.807, 2.05) is 19.1 Å². The fourth-order valence-corrected chi connectivity index (χ4v) is 4.12. The number of nitrogens with one attached hydrogen (secondary N) is 1. The highest BCUT2D eigenvalue weighted by molar-refractivity contribution is 5.77. The molecule has 0 saturated carbocycles. The van der Waals surface area contributed by atoms with Crippen molar-refractivity contribution in [2.75, 3.05) is 34.5 Å². The summed E-state index contributed by atoms with van der Waals surface area (Å²) in [4.78, 5) is 14.5. The number of benzene rings is 2. The van der Waals surface area contributed by atoms with E-state index in [9.17, 15) is 9.18 Å². The number of hydrogen-bond acceptors (Lipinski definition) is 5. The van der Waals surface area contributed by atoms with Crippen LogP contribution in [0.5, 0.6) is 11.5 Å². The highest BCUT2D eigenvalue weighted by atomic mass is 19.1. The van der Waals surface area contributed by atoms with Crippen LogP contribution in [0.4, 0.5) is 4.39 Å². The van der Waals surface area contributed by atoms with Gasteiger partial charge in [0, 0.05) is 26.2 Å². The van der Waals surface area contributed by atoms with Crippen LogP contribution in [0.2, 0.25) is 0 Å². The molecule has 0 radical (unpaired) electrons. The van der Waals surface area contributed by atoms with E-state index in [1.54, 1.807) is 26.4 Å². The first-order valence-corrected chi connectivity index (χ1v) is 9.98. The first-order chi connectivity index (χ1) is 14.5. The molecule has 0 bridgehead atoms. The van der Waals surface area contributed by atoms with E-state index in [-0.39, 0.29) is 30.4 Å². The van der Waals surface area contributed by atoms with Gasteiger partial charge < -0.3 is 19.5 Å². The Balaban J connectivity index is 1.96. The van der Waals surface area contributed by atoms with Crippen LogP contribution in [0.25, 0.3) is 0 Å². The van der Waals surface area contributed by atoms with Crippen molar-refractivity contribution in [1.82, 2.24) is 10.2 Å². The van der Waals surface area contributed by atoms with E-state index in [0.717, 1.165) is 24.1 Å². The average Bonchev–Trinajstić information content (AvgIpc) is 2.74. The van der Waals surface area contributed by atoms with Crippen LogP contribution in [0, 0.1) is 5.82 Å². The summed E-state index contributed by atoms with van der Waals surface area (Å²) in [6.07, 6.45) is 0.839. The van der Waals surface area contributed by atoms with Crippen molar-refractivity contribution in [3.8, 4) is 11.5 Å². The second-order valence-electron chi connectivity index (χ2n) is 7.49. The third kappa shape index (κ3) is 4.91. The van der Waals surface area contributed by atoms with Crippen molar-refractivity contribution >= 4 is 5.91 Å². The fraction of sp³-hybridized carbons (Fsp3) is 0.435. The normalized spacial score (nSPS) is 17.2. The largest absolute Gasteiger partial charge is 0.493 e. The second kappa shape index (κ2) is 9.91. The van der Waals surface area contributed by atoms with Gasteiger partial charge in [0.25, 0.3) is 0 Å². The maximum absolute atomic E-state index is 13.3. The standard InChI is InChI=1S/C23H29FN2O4/c1-15(25-22(27)14-28-2)23-19-12-21(30-4)20(29-3)11-17(19)9-10-26(23)13-16-5-7-18(24)8-6-16/h5-8,11-12,15,23H,9-10,13-14H2,1-4H3,(H,25,27)/t15-,23+/m1/s1. The number of fused-ring (bicyclic) bond motifs is 1. The topological polar surface area (TPSA) is 60.0 Å². The minimum absolute atomic E-state index is 0.00775. The lowest BCUT2D eigenvalue weighted by atomic mass is 9.87. The SMILES string of the molecule is COCC(=O)N[C@H](C)[C@H]1c2cc(OC)c(OC)cc2CCN1Cc1ccc(F)cc1. The predicted molar refractivity (Wildman–Crippen MR) is 112 cm³/mol. The molecule has 0 fully saturated rings. The summed E-state index contributed by atoms with van der Waals surface area (Å²) in [7, 11) is 4.74. The molecule has 1 N–H and O–H groups in total. The number of carbonyl (C=O) groups is 1. The number of rotatable bonds is 8. The van der Waals surface area contributed by atoms with Gasteiger partial charge in [-0.05, 0) is 54.3 Å². The lowest BCUT2D eigenvalue weighted by molar-refractivity contribution is -0.125. The van der Waals surface area contributed by atoms with Crippen molar-refractivity contribution in [1.29, 1.82) is 0 Å². The van der Waals surface area contributed by atoms with Crippen LogP contribution < -0.4 is 14.8 Å². The molecular weight excluding hydrogens is 387 g/mol. The number of hydrogen-bond donors (Lipinski definition) is 1. The van der Waals surface area contributed by atoms with Gasteiger partial charge in [0.2, 0.25) is 5.91 Å². The molecule has 1 aliphatic heterocycles. The maximum atomic E-state index is 13.3. The van der Waals surface area contributed by atoms with Crippen LogP contribution in [0.1, 0.15) is 29.7 Å². The van der Waals surface area contributed by atoms with E-state index >= 15 is 0 Å². The number of methoxy groups -OCH3 is 3. The Morgan fingerprint density at radius 2 is 1.83 bits per heavy atom. The average molecular weight is 416 g/mol. The number of amides is 1. The molecule has 2 aromatic rings. The number of carbonyl (C=O) groups excluding carboxylic acids is 1. The molecule has 30 heavy (non-hydrogen) atoms. The third-order valence-electron chi connectivity index (χ3n) is 5.46. The third-order valence-corrected chi connectivity index (χ3v) is 5.46. The van der Waals surface area contributed by atoms with E-state index < -0.39 is 0 Å². The number of halogens is 1. The Morgan fingerprint density at radius 3 is 2.47 bits per heavy atom. The van der Waals surface area contributed by atoms with Crippen LogP contribution in [0.15, 0.2) is 36.4 Å². The van der Waals surface area contributed by atoms with Gasteiger partial charge in [-0.3, -0.25) is 9.69 Å². The lowest BCUT2D eigenvalue weighted by Crippen LogP contribution is -2.48. The summed E-state index contributed by atoms with van der Waals surface area (Å²) < 4.78 is 29.3. The molecule has 0 aliphatic carbocycles. The van der Waals surface area contributed by atoms with Crippen LogP contribution >= 0.6 is 0 Å². The summed E-state index contributed by atoms with van der Waals surface area (Å²) in [6.45, 7) is 3.44. The molecule has 0 unspecified atom stereocenters.